The lowest BCUT2D eigenvalue weighted by atomic mass is 10.1. The molecule has 164 valence electrons. The number of aromatic nitrogens is 4. The Morgan fingerprint density at radius 1 is 1.26 bits per heavy atom. The molecule has 1 aromatic carbocycles. The zero-order valence-corrected chi connectivity index (χ0v) is 18.0. The Morgan fingerprint density at radius 3 is 2.87 bits per heavy atom. The molecule has 1 aliphatic rings. The van der Waals surface area contributed by atoms with Crippen molar-refractivity contribution in [3.63, 3.8) is 0 Å². The van der Waals surface area contributed by atoms with Gasteiger partial charge in [-0.05, 0) is 25.5 Å². The fourth-order valence-electron chi connectivity index (χ4n) is 3.55. The van der Waals surface area contributed by atoms with E-state index in [2.05, 4.69) is 22.1 Å². The number of carbonyl (C=O) groups excluding carboxylic acids is 1. The summed E-state index contributed by atoms with van der Waals surface area (Å²) in [4.78, 5) is 27.8. The standard InChI is InChI=1S/C22H28N6O3/c1-3-27-15-24-20-19(25-22(26-21(20)27)28-9-12-30-13-10-28)16-6-4-7-17(14-16)31-11-5-8-18(29)23-2/h4,6-7,14-15H,3,5,8-13H2,1-2H3,(H,23,29). The number of carbonyl (C=O) groups is 1. The maximum Gasteiger partial charge on any atom is 0.228 e. The number of ether oxygens (including phenoxy) is 2. The average molecular weight is 425 g/mol. The van der Waals surface area contributed by atoms with E-state index in [4.69, 9.17) is 19.4 Å². The molecule has 1 N–H and O–H groups in total. The average Bonchev–Trinajstić information content (AvgIpc) is 3.25. The molecule has 1 saturated heterocycles. The summed E-state index contributed by atoms with van der Waals surface area (Å²) >= 11 is 0. The van der Waals surface area contributed by atoms with E-state index in [1.807, 2.05) is 35.2 Å². The second-order valence-corrected chi connectivity index (χ2v) is 7.33. The van der Waals surface area contributed by atoms with Gasteiger partial charge in [0, 0.05) is 38.7 Å². The van der Waals surface area contributed by atoms with Crippen molar-refractivity contribution in [2.75, 3.05) is 44.9 Å². The summed E-state index contributed by atoms with van der Waals surface area (Å²) in [6.45, 7) is 6.19. The van der Waals surface area contributed by atoms with Gasteiger partial charge < -0.3 is 24.3 Å². The zero-order chi connectivity index (χ0) is 21.6. The lowest BCUT2D eigenvalue weighted by molar-refractivity contribution is -0.120. The molecule has 9 nitrogen and oxygen atoms in total. The van der Waals surface area contributed by atoms with Gasteiger partial charge >= 0.3 is 0 Å². The van der Waals surface area contributed by atoms with Crippen LogP contribution in [0.3, 0.4) is 0 Å². The summed E-state index contributed by atoms with van der Waals surface area (Å²) in [5.74, 6) is 1.45. The first-order valence-electron chi connectivity index (χ1n) is 10.7. The second-order valence-electron chi connectivity index (χ2n) is 7.33. The zero-order valence-electron chi connectivity index (χ0n) is 18.0. The number of hydrogen-bond acceptors (Lipinski definition) is 7. The van der Waals surface area contributed by atoms with E-state index in [1.165, 1.54) is 0 Å². The predicted molar refractivity (Wildman–Crippen MR) is 118 cm³/mol. The van der Waals surface area contributed by atoms with Gasteiger partial charge in [0.05, 0.1) is 26.1 Å². The van der Waals surface area contributed by atoms with Gasteiger partial charge in [-0.1, -0.05) is 12.1 Å². The third-order valence-corrected chi connectivity index (χ3v) is 5.29. The van der Waals surface area contributed by atoms with Crippen molar-refractivity contribution in [1.29, 1.82) is 0 Å². The van der Waals surface area contributed by atoms with Gasteiger partial charge in [0.1, 0.15) is 17.0 Å². The van der Waals surface area contributed by atoms with Gasteiger partial charge in [0.25, 0.3) is 0 Å². The van der Waals surface area contributed by atoms with Crippen LogP contribution in [0.5, 0.6) is 5.75 Å². The second kappa shape index (κ2) is 9.74. The largest absolute Gasteiger partial charge is 0.494 e. The Morgan fingerprint density at radius 2 is 2.10 bits per heavy atom. The number of rotatable bonds is 8. The highest BCUT2D eigenvalue weighted by atomic mass is 16.5. The van der Waals surface area contributed by atoms with Crippen LogP contribution in [0.25, 0.3) is 22.4 Å². The third kappa shape index (κ3) is 4.77. The lowest BCUT2D eigenvalue weighted by Crippen LogP contribution is -2.37. The van der Waals surface area contributed by atoms with Crippen LogP contribution in [-0.4, -0.2) is 65.4 Å². The van der Waals surface area contributed by atoms with Crippen LogP contribution in [0.4, 0.5) is 5.95 Å². The van der Waals surface area contributed by atoms with E-state index < -0.39 is 0 Å². The molecule has 1 fully saturated rings. The van der Waals surface area contributed by atoms with E-state index >= 15 is 0 Å². The molecular weight excluding hydrogens is 396 g/mol. The highest BCUT2D eigenvalue weighted by Crippen LogP contribution is 2.30. The minimum absolute atomic E-state index is 0.0166. The number of nitrogens with one attached hydrogen (secondary N) is 1. The molecule has 0 saturated carbocycles. The van der Waals surface area contributed by atoms with Crippen LogP contribution in [0, 0.1) is 0 Å². The summed E-state index contributed by atoms with van der Waals surface area (Å²) in [5, 5.41) is 2.62. The Hall–Kier alpha value is -3.20. The van der Waals surface area contributed by atoms with Gasteiger partial charge in [-0.2, -0.15) is 4.98 Å². The summed E-state index contributed by atoms with van der Waals surface area (Å²) in [6.07, 6.45) is 2.91. The number of morpholine rings is 1. The van der Waals surface area contributed by atoms with Gasteiger partial charge in [0.2, 0.25) is 11.9 Å². The van der Waals surface area contributed by atoms with Crippen LogP contribution >= 0.6 is 0 Å². The fourth-order valence-corrected chi connectivity index (χ4v) is 3.55. The van der Waals surface area contributed by atoms with Crippen LogP contribution in [0.2, 0.25) is 0 Å². The Kier molecular flexibility index (Phi) is 6.61. The molecule has 31 heavy (non-hydrogen) atoms. The van der Waals surface area contributed by atoms with Gasteiger partial charge in [-0.15, -0.1) is 0 Å². The number of amides is 1. The fraction of sp³-hybridized carbons (Fsp3) is 0.455. The monoisotopic (exact) mass is 424 g/mol. The first-order valence-corrected chi connectivity index (χ1v) is 10.7. The number of hydrogen-bond donors (Lipinski definition) is 1. The maximum absolute atomic E-state index is 11.4. The molecule has 2 aromatic heterocycles. The Labute approximate surface area is 181 Å². The summed E-state index contributed by atoms with van der Waals surface area (Å²) < 4.78 is 13.4. The number of nitrogens with zero attached hydrogens (tertiary/aromatic N) is 5. The topological polar surface area (TPSA) is 94.4 Å². The van der Waals surface area contributed by atoms with Gasteiger partial charge in [-0.3, -0.25) is 4.79 Å². The normalized spacial score (nSPS) is 14.1. The Bertz CT molecular complexity index is 1040. The molecule has 4 rings (SSSR count). The first-order chi connectivity index (χ1) is 15.2. The van der Waals surface area contributed by atoms with Crippen molar-refractivity contribution >= 4 is 23.0 Å². The van der Waals surface area contributed by atoms with Crippen molar-refractivity contribution in [3.05, 3.63) is 30.6 Å². The summed E-state index contributed by atoms with van der Waals surface area (Å²) in [5.41, 5.74) is 3.31. The SMILES string of the molecule is CCn1cnc2c(-c3cccc(OCCCC(=O)NC)c3)nc(N3CCOCC3)nc21. The lowest BCUT2D eigenvalue weighted by Gasteiger charge is -2.27. The molecule has 3 aromatic rings. The van der Waals surface area contributed by atoms with E-state index in [9.17, 15) is 4.79 Å². The predicted octanol–water partition coefficient (Wildman–Crippen LogP) is 2.25. The van der Waals surface area contributed by atoms with Crippen molar-refractivity contribution in [2.24, 2.45) is 0 Å². The molecule has 0 spiro atoms. The van der Waals surface area contributed by atoms with E-state index in [-0.39, 0.29) is 5.91 Å². The number of aryl methyl sites for hydroxylation is 1. The minimum Gasteiger partial charge on any atom is -0.494 e. The minimum atomic E-state index is 0.0166. The molecule has 3 heterocycles. The van der Waals surface area contributed by atoms with E-state index in [1.54, 1.807) is 7.05 Å². The molecule has 1 aliphatic heterocycles. The number of benzene rings is 1. The highest BCUT2D eigenvalue weighted by Gasteiger charge is 2.20. The van der Waals surface area contributed by atoms with Crippen molar-refractivity contribution in [2.45, 2.75) is 26.3 Å². The quantitative estimate of drug-likeness (QED) is 0.554. The Balaban J connectivity index is 1.63. The van der Waals surface area contributed by atoms with Gasteiger partial charge in [0.15, 0.2) is 5.65 Å². The molecular formula is C22H28N6O3. The molecule has 9 heteroatoms. The first kappa shape index (κ1) is 21.0. The third-order valence-electron chi connectivity index (χ3n) is 5.29. The number of fused-ring (bicyclic) bond motifs is 1. The molecule has 0 radical (unpaired) electrons. The molecule has 0 unspecified atom stereocenters. The van der Waals surface area contributed by atoms with Crippen molar-refractivity contribution in [1.82, 2.24) is 24.8 Å². The number of imidazole rings is 1. The van der Waals surface area contributed by atoms with Crippen LogP contribution in [0.1, 0.15) is 19.8 Å². The van der Waals surface area contributed by atoms with Crippen LogP contribution in [0.15, 0.2) is 30.6 Å². The smallest absolute Gasteiger partial charge is 0.228 e. The molecule has 0 atom stereocenters. The van der Waals surface area contributed by atoms with Crippen molar-refractivity contribution in [3.8, 4) is 17.0 Å². The van der Waals surface area contributed by atoms with Crippen LogP contribution in [-0.2, 0) is 16.1 Å². The molecule has 0 bridgehead atoms. The van der Waals surface area contributed by atoms with E-state index in [0.29, 0.717) is 38.6 Å². The summed E-state index contributed by atoms with van der Waals surface area (Å²) in [7, 11) is 1.64. The molecule has 1 amide bonds. The van der Waals surface area contributed by atoms with Crippen LogP contribution < -0.4 is 15.0 Å². The van der Waals surface area contributed by atoms with E-state index in [0.717, 1.165) is 47.8 Å². The highest BCUT2D eigenvalue weighted by molar-refractivity contribution is 5.88. The summed E-state index contributed by atoms with van der Waals surface area (Å²) in [6, 6.07) is 7.83. The molecule has 0 aliphatic carbocycles. The van der Waals surface area contributed by atoms with Gasteiger partial charge in [-0.25, -0.2) is 9.97 Å². The van der Waals surface area contributed by atoms with Crippen molar-refractivity contribution < 1.29 is 14.3 Å². The number of anilines is 1. The maximum atomic E-state index is 11.4.